The SMILES string of the molecule is NCCc1ccc(Cc2ccc(F)c(Cl)c2)cc1. The molecule has 0 aliphatic heterocycles. The van der Waals surface area contributed by atoms with E-state index >= 15 is 0 Å². The van der Waals surface area contributed by atoms with Crippen molar-refractivity contribution in [1.82, 2.24) is 0 Å². The lowest BCUT2D eigenvalue weighted by atomic mass is 10.0. The Morgan fingerprint density at radius 1 is 0.944 bits per heavy atom. The molecular formula is C15H15ClFN. The van der Waals surface area contributed by atoms with E-state index in [9.17, 15) is 4.39 Å². The van der Waals surface area contributed by atoms with Crippen LogP contribution in [0.25, 0.3) is 0 Å². The molecule has 0 amide bonds. The van der Waals surface area contributed by atoms with Crippen LogP contribution >= 0.6 is 11.6 Å². The lowest BCUT2D eigenvalue weighted by molar-refractivity contribution is 0.627. The van der Waals surface area contributed by atoms with Crippen molar-refractivity contribution in [3.63, 3.8) is 0 Å². The fraction of sp³-hybridized carbons (Fsp3) is 0.200. The lowest BCUT2D eigenvalue weighted by Crippen LogP contribution is -2.02. The summed E-state index contributed by atoms with van der Waals surface area (Å²) in [5.74, 6) is -0.376. The van der Waals surface area contributed by atoms with E-state index in [1.807, 2.05) is 0 Å². The lowest BCUT2D eigenvalue weighted by Gasteiger charge is -2.05. The maximum absolute atomic E-state index is 13.0. The topological polar surface area (TPSA) is 26.0 Å². The molecule has 0 saturated carbocycles. The minimum Gasteiger partial charge on any atom is -0.330 e. The molecule has 18 heavy (non-hydrogen) atoms. The third kappa shape index (κ3) is 3.31. The second-order valence-corrected chi connectivity index (χ2v) is 4.69. The van der Waals surface area contributed by atoms with Crippen molar-refractivity contribution >= 4 is 11.6 Å². The maximum Gasteiger partial charge on any atom is 0.141 e. The molecule has 0 aromatic heterocycles. The van der Waals surface area contributed by atoms with Crippen LogP contribution in [0.3, 0.4) is 0 Å². The van der Waals surface area contributed by atoms with E-state index < -0.39 is 0 Å². The third-order valence-electron chi connectivity index (χ3n) is 2.85. The number of hydrogen-bond acceptors (Lipinski definition) is 1. The van der Waals surface area contributed by atoms with Crippen LogP contribution in [0, 0.1) is 5.82 Å². The number of hydrogen-bond donors (Lipinski definition) is 1. The normalized spacial score (nSPS) is 10.6. The van der Waals surface area contributed by atoms with E-state index in [1.54, 1.807) is 12.1 Å². The van der Waals surface area contributed by atoms with Gasteiger partial charge in [0.05, 0.1) is 5.02 Å². The van der Waals surface area contributed by atoms with Gasteiger partial charge in [-0.3, -0.25) is 0 Å². The number of benzene rings is 2. The molecule has 2 aromatic rings. The first-order valence-corrected chi connectivity index (χ1v) is 6.28. The Morgan fingerprint density at radius 3 is 2.17 bits per heavy atom. The molecular weight excluding hydrogens is 249 g/mol. The van der Waals surface area contributed by atoms with Crippen LogP contribution in [0.15, 0.2) is 42.5 Å². The van der Waals surface area contributed by atoms with Gasteiger partial charge in [0.2, 0.25) is 0 Å². The molecule has 0 heterocycles. The van der Waals surface area contributed by atoms with Gasteiger partial charge in [-0.1, -0.05) is 41.9 Å². The van der Waals surface area contributed by atoms with E-state index in [4.69, 9.17) is 17.3 Å². The summed E-state index contributed by atoms with van der Waals surface area (Å²) in [6.45, 7) is 0.660. The van der Waals surface area contributed by atoms with Crippen molar-refractivity contribution in [3.05, 3.63) is 70.0 Å². The molecule has 0 bridgehead atoms. The highest BCUT2D eigenvalue weighted by atomic mass is 35.5. The van der Waals surface area contributed by atoms with Gasteiger partial charge in [0, 0.05) is 0 Å². The first-order valence-electron chi connectivity index (χ1n) is 5.91. The minimum absolute atomic E-state index is 0.173. The predicted molar refractivity (Wildman–Crippen MR) is 73.4 cm³/mol. The Morgan fingerprint density at radius 2 is 1.56 bits per heavy atom. The molecule has 0 atom stereocenters. The summed E-state index contributed by atoms with van der Waals surface area (Å²) in [4.78, 5) is 0. The molecule has 0 aliphatic rings. The molecule has 94 valence electrons. The van der Waals surface area contributed by atoms with Crippen LogP contribution in [-0.2, 0) is 12.8 Å². The Balaban J connectivity index is 2.10. The van der Waals surface area contributed by atoms with Gasteiger partial charge >= 0.3 is 0 Å². The zero-order valence-corrected chi connectivity index (χ0v) is 10.8. The molecule has 2 rings (SSSR count). The average Bonchev–Trinajstić information content (AvgIpc) is 2.37. The molecule has 2 N–H and O–H groups in total. The monoisotopic (exact) mass is 263 g/mol. The summed E-state index contributed by atoms with van der Waals surface area (Å²) in [5.41, 5.74) is 8.92. The van der Waals surface area contributed by atoms with Crippen molar-refractivity contribution < 1.29 is 4.39 Å². The molecule has 0 radical (unpaired) electrons. The highest BCUT2D eigenvalue weighted by molar-refractivity contribution is 6.30. The predicted octanol–water partition coefficient (Wildman–Crippen LogP) is 3.57. The zero-order valence-electron chi connectivity index (χ0n) is 10.00. The van der Waals surface area contributed by atoms with Crippen LogP contribution in [0.1, 0.15) is 16.7 Å². The summed E-state index contributed by atoms with van der Waals surface area (Å²) < 4.78 is 13.0. The molecule has 0 aliphatic carbocycles. The number of rotatable bonds is 4. The van der Waals surface area contributed by atoms with E-state index in [0.29, 0.717) is 6.54 Å². The van der Waals surface area contributed by atoms with Crippen LogP contribution < -0.4 is 5.73 Å². The zero-order chi connectivity index (χ0) is 13.0. The molecule has 3 heteroatoms. The quantitative estimate of drug-likeness (QED) is 0.897. The van der Waals surface area contributed by atoms with Crippen LogP contribution in [0.2, 0.25) is 5.02 Å². The second kappa shape index (κ2) is 5.98. The molecule has 0 fully saturated rings. The standard InChI is InChI=1S/C15H15ClFN/c16-14-10-13(5-6-15(14)17)9-12-3-1-11(2-4-12)7-8-18/h1-6,10H,7-9,18H2. The molecule has 0 spiro atoms. The van der Waals surface area contributed by atoms with Crippen molar-refractivity contribution in [2.24, 2.45) is 5.73 Å². The first-order chi connectivity index (χ1) is 8.69. The Hall–Kier alpha value is -1.38. The van der Waals surface area contributed by atoms with E-state index in [-0.39, 0.29) is 10.8 Å². The van der Waals surface area contributed by atoms with E-state index in [0.717, 1.165) is 18.4 Å². The molecule has 2 aromatic carbocycles. The van der Waals surface area contributed by atoms with Crippen LogP contribution in [0.4, 0.5) is 4.39 Å². The van der Waals surface area contributed by atoms with Gasteiger partial charge in [-0.25, -0.2) is 4.39 Å². The van der Waals surface area contributed by atoms with E-state index in [2.05, 4.69) is 24.3 Å². The molecule has 1 nitrogen and oxygen atoms in total. The Labute approximate surface area is 111 Å². The minimum atomic E-state index is -0.376. The Bertz CT molecular complexity index is 523. The maximum atomic E-state index is 13.0. The highest BCUT2D eigenvalue weighted by Gasteiger charge is 2.02. The largest absolute Gasteiger partial charge is 0.330 e. The van der Waals surface area contributed by atoms with E-state index in [1.165, 1.54) is 17.2 Å². The third-order valence-corrected chi connectivity index (χ3v) is 3.14. The highest BCUT2D eigenvalue weighted by Crippen LogP contribution is 2.18. The first kappa shape index (κ1) is 13.1. The average molecular weight is 264 g/mol. The van der Waals surface area contributed by atoms with Crippen molar-refractivity contribution in [3.8, 4) is 0 Å². The van der Waals surface area contributed by atoms with Gasteiger partial charge in [0.1, 0.15) is 5.82 Å². The summed E-state index contributed by atoms with van der Waals surface area (Å²) in [6.07, 6.45) is 1.64. The fourth-order valence-corrected chi connectivity index (χ4v) is 2.08. The van der Waals surface area contributed by atoms with Crippen molar-refractivity contribution in [2.45, 2.75) is 12.8 Å². The fourth-order valence-electron chi connectivity index (χ4n) is 1.88. The van der Waals surface area contributed by atoms with Gasteiger partial charge in [0.15, 0.2) is 0 Å². The molecule has 0 saturated heterocycles. The molecule has 0 unspecified atom stereocenters. The smallest absolute Gasteiger partial charge is 0.141 e. The summed E-state index contributed by atoms with van der Waals surface area (Å²) in [6, 6.07) is 13.1. The number of nitrogens with two attached hydrogens (primary N) is 1. The summed E-state index contributed by atoms with van der Waals surface area (Å²) in [5, 5.41) is 0.173. The van der Waals surface area contributed by atoms with Gasteiger partial charge in [-0.15, -0.1) is 0 Å². The van der Waals surface area contributed by atoms with Crippen molar-refractivity contribution in [1.29, 1.82) is 0 Å². The second-order valence-electron chi connectivity index (χ2n) is 4.28. The van der Waals surface area contributed by atoms with Gasteiger partial charge < -0.3 is 5.73 Å². The van der Waals surface area contributed by atoms with Gasteiger partial charge in [-0.05, 0) is 48.2 Å². The number of halogens is 2. The van der Waals surface area contributed by atoms with Crippen LogP contribution in [0.5, 0.6) is 0 Å². The van der Waals surface area contributed by atoms with Crippen molar-refractivity contribution in [2.75, 3.05) is 6.54 Å². The summed E-state index contributed by atoms with van der Waals surface area (Å²) >= 11 is 5.76. The van der Waals surface area contributed by atoms with Gasteiger partial charge in [-0.2, -0.15) is 0 Å². The van der Waals surface area contributed by atoms with Gasteiger partial charge in [0.25, 0.3) is 0 Å². The Kier molecular flexibility index (Phi) is 4.34. The summed E-state index contributed by atoms with van der Waals surface area (Å²) in [7, 11) is 0. The van der Waals surface area contributed by atoms with Crippen LogP contribution in [-0.4, -0.2) is 6.54 Å².